The molecular weight excluding hydrogens is 269 g/mol. The zero-order valence-corrected chi connectivity index (χ0v) is 10.8. The molecule has 1 heterocycles. The van der Waals surface area contributed by atoms with Gasteiger partial charge in [0.25, 0.3) is 0 Å². The van der Waals surface area contributed by atoms with Crippen molar-refractivity contribution < 1.29 is 4.74 Å². The maximum absolute atomic E-state index is 6.05. The molecule has 18 heavy (non-hydrogen) atoms. The number of nitrogens with one attached hydrogen (secondary N) is 1. The average molecular weight is 278 g/mol. The third kappa shape index (κ3) is 2.17. The van der Waals surface area contributed by atoms with Crippen LogP contribution in [0.3, 0.4) is 0 Å². The maximum atomic E-state index is 6.05. The van der Waals surface area contributed by atoms with E-state index in [0.717, 1.165) is 22.4 Å². The summed E-state index contributed by atoms with van der Waals surface area (Å²) in [5.74, 6) is 1.45. The van der Waals surface area contributed by atoms with Crippen LogP contribution in [-0.2, 0) is 0 Å². The van der Waals surface area contributed by atoms with Crippen LogP contribution in [0.4, 0.5) is 0 Å². The van der Waals surface area contributed by atoms with Crippen LogP contribution in [0.2, 0.25) is 10.0 Å². The first-order valence-electron chi connectivity index (χ1n) is 5.42. The lowest BCUT2D eigenvalue weighted by molar-refractivity contribution is 0.488. The van der Waals surface area contributed by atoms with Crippen molar-refractivity contribution in [3.05, 3.63) is 58.7 Å². The number of ether oxygens (including phenoxy) is 1. The van der Waals surface area contributed by atoms with Crippen molar-refractivity contribution in [1.82, 2.24) is 4.98 Å². The Balaban J connectivity index is 2.03. The third-order valence-corrected chi connectivity index (χ3v) is 3.11. The van der Waals surface area contributed by atoms with Crippen molar-refractivity contribution in [3.8, 4) is 11.5 Å². The van der Waals surface area contributed by atoms with Crippen molar-refractivity contribution in [2.24, 2.45) is 0 Å². The Morgan fingerprint density at radius 1 is 0.889 bits per heavy atom. The van der Waals surface area contributed by atoms with Crippen LogP contribution in [0.5, 0.6) is 11.5 Å². The van der Waals surface area contributed by atoms with Gasteiger partial charge < -0.3 is 9.72 Å². The molecule has 3 rings (SSSR count). The van der Waals surface area contributed by atoms with Crippen LogP contribution in [0, 0.1) is 0 Å². The lowest BCUT2D eigenvalue weighted by Crippen LogP contribution is -1.85. The first kappa shape index (κ1) is 11.5. The molecule has 0 saturated carbocycles. The van der Waals surface area contributed by atoms with Gasteiger partial charge >= 0.3 is 0 Å². The molecule has 0 aliphatic rings. The second-order valence-electron chi connectivity index (χ2n) is 3.90. The highest BCUT2D eigenvalue weighted by Crippen LogP contribution is 2.33. The number of hydrogen-bond acceptors (Lipinski definition) is 1. The zero-order valence-electron chi connectivity index (χ0n) is 9.28. The highest BCUT2D eigenvalue weighted by molar-refractivity contribution is 6.31. The Hall–Kier alpha value is -1.64. The number of benzene rings is 2. The fourth-order valence-electron chi connectivity index (χ4n) is 1.81. The van der Waals surface area contributed by atoms with E-state index >= 15 is 0 Å². The fraction of sp³-hybridized carbons (Fsp3) is 0. The van der Waals surface area contributed by atoms with Gasteiger partial charge in [0.05, 0.1) is 5.52 Å². The normalized spacial score (nSPS) is 10.8. The van der Waals surface area contributed by atoms with Gasteiger partial charge in [0, 0.05) is 27.7 Å². The van der Waals surface area contributed by atoms with Gasteiger partial charge in [-0.3, -0.25) is 0 Å². The molecule has 2 aromatic carbocycles. The van der Waals surface area contributed by atoms with Gasteiger partial charge in [0.1, 0.15) is 11.5 Å². The smallest absolute Gasteiger partial charge is 0.138 e. The van der Waals surface area contributed by atoms with E-state index in [0.29, 0.717) is 10.0 Å². The molecule has 0 saturated heterocycles. The zero-order chi connectivity index (χ0) is 12.5. The van der Waals surface area contributed by atoms with Gasteiger partial charge in [0.2, 0.25) is 0 Å². The lowest BCUT2D eigenvalue weighted by atomic mass is 10.2. The first-order valence-corrected chi connectivity index (χ1v) is 6.18. The summed E-state index contributed by atoms with van der Waals surface area (Å²) in [7, 11) is 0. The molecule has 0 unspecified atom stereocenters. The summed E-state index contributed by atoms with van der Waals surface area (Å²) in [5, 5.41) is 2.31. The summed E-state index contributed by atoms with van der Waals surface area (Å²) in [4.78, 5) is 3.11. The largest absolute Gasteiger partial charge is 0.457 e. The summed E-state index contributed by atoms with van der Waals surface area (Å²) >= 11 is 11.9. The van der Waals surface area contributed by atoms with Crippen LogP contribution in [-0.4, -0.2) is 4.98 Å². The quantitative estimate of drug-likeness (QED) is 0.678. The molecule has 90 valence electrons. The van der Waals surface area contributed by atoms with Crippen LogP contribution in [0.1, 0.15) is 0 Å². The van der Waals surface area contributed by atoms with E-state index in [2.05, 4.69) is 4.98 Å². The minimum absolute atomic E-state index is 0.633. The molecule has 2 nitrogen and oxygen atoms in total. The van der Waals surface area contributed by atoms with E-state index in [1.807, 2.05) is 30.5 Å². The molecule has 0 amide bonds. The number of halogens is 2. The molecule has 0 fully saturated rings. The minimum atomic E-state index is 0.633. The van der Waals surface area contributed by atoms with Gasteiger partial charge in [0.15, 0.2) is 0 Å². The molecule has 0 atom stereocenters. The maximum Gasteiger partial charge on any atom is 0.138 e. The molecule has 0 aliphatic heterocycles. The van der Waals surface area contributed by atoms with Gasteiger partial charge in [-0.15, -0.1) is 0 Å². The van der Waals surface area contributed by atoms with Crippen LogP contribution >= 0.6 is 23.2 Å². The van der Waals surface area contributed by atoms with E-state index in [1.54, 1.807) is 18.2 Å². The SMILES string of the molecule is Clc1ccc(Oc2cc(Cl)cc3[nH]ccc23)cc1. The predicted molar refractivity (Wildman–Crippen MR) is 74.8 cm³/mol. The Morgan fingerprint density at radius 3 is 2.44 bits per heavy atom. The number of aromatic nitrogens is 1. The summed E-state index contributed by atoms with van der Waals surface area (Å²) in [6, 6.07) is 12.8. The summed E-state index contributed by atoms with van der Waals surface area (Å²) in [6.45, 7) is 0. The Kier molecular flexibility index (Phi) is 2.90. The Morgan fingerprint density at radius 2 is 1.67 bits per heavy atom. The second kappa shape index (κ2) is 4.56. The van der Waals surface area contributed by atoms with Gasteiger partial charge in [-0.2, -0.15) is 0 Å². The molecule has 0 aliphatic carbocycles. The molecule has 0 radical (unpaired) electrons. The topological polar surface area (TPSA) is 25.0 Å². The van der Waals surface area contributed by atoms with Gasteiger partial charge in [-0.25, -0.2) is 0 Å². The predicted octanol–water partition coefficient (Wildman–Crippen LogP) is 5.27. The van der Waals surface area contributed by atoms with Crippen molar-refractivity contribution in [2.75, 3.05) is 0 Å². The average Bonchev–Trinajstić information content (AvgIpc) is 2.80. The van der Waals surface area contributed by atoms with E-state index < -0.39 is 0 Å². The molecule has 4 heteroatoms. The standard InChI is InChI=1S/C14H9Cl2NO/c15-9-1-3-11(4-2-9)18-14-8-10(16)7-13-12(14)5-6-17-13/h1-8,17H. The number of rotatable bonds is 2. The molecule has 3 aromatic rings. The Labute approximate surface area is 114 Å². The first-order chi connectivity index (χ1) is 8.72. The number of fused-ring (bicyclic) bond motifs is 1. The Bertz CT molecular complexity index is 689. The number of hydrogen-bond donors (Lipinski definition) is 1. The van der Waals surface area contributed by atoms with Crippen LogP contribution in [0.25, 0.3) is 10.9 Å². The number of aromatic amines is 1. The molecule has 1 aromatic heterocycles. The minimum Gasteiger partial charge on any atom is -0.457 e. The van der Waals surface area contributed by atoms with E-state index in [4.69, 9.17) is 27.9 Å². The van der Waals surface area contributed by atoms with E-state index in [-0.39, 0.29) is 0 Å². The van der Waals surface area contributed by atoms with Crippen molar-refractivity contribution >= 4 is 34.1 Å². The summed E-state index contributed by atoms with van der Waals surface area (Å²) in [5.41, 5.74) is 0.950. The van der Waals surface area contributed by atoms with Crippen molar-refractivity contribution in [1.29, 1.82) is 0 Å². The van der Waals surface area contributed by atoms with Crippen LogP contribution < -0.4 is 4.74 Å². The van der Waals surface area contributed by atoms with Gasteiger partial charge in [-0.05, 0) is 36.4 Å². The summed E-state index contributed by atoms with van der Waals surface area (Å²) < 4.78 is 5.82. The number of H-pyrrole nitrogens is 1. The highest BCUT2D eigenvalue weighted by atomic mass is 35.5. The third-order valence-electron chi connectivity index (χ3n) is 2.64. The van der Waals surface area contributed by atoms with Crippen molar-refractivity contribution in [3.63, 3.8) is 0 Å². The monoisotopic (exact) mass is 277 g/mol. The van der Waals surface area contributed by atoms with Gasteiger partial charge in [-0.1, -0.05) is 23.2 Å². The second-order valence-corrected chi connectivity index (χ2v) is 4.77. The highest BCUT2D eigenvalue weighted by Gasteiger charge is 2.06. The van der Waals surface area contributed by atoms with E-state index in [1.165, 1.54) is 0 Å². The summed E-state index contributed by atoms with van der Waals surface area (Å²) in [6.07, 6.45) is 1.86. The van der Waals surface area contributed by atoms with E-state index in [9.17, 15) is 0 Å². The van der Waals surface area contributed by atoms with Crippen LogP contribution in [0.15, 0.2) is 48.7 Å². The fourth-order valence-corrected chi connectivity index (χ4v) is 2.15. The molecule has 0 bridgehead atoms. The lowest BCUT2D eigenvalue weighted by Gasteiger charge is -2.07. The molecule has 0 spiro atoms. The van der Waals surface area contributed by atoms with Crippen molar-refractivity contribution in [2.45, 2.75) is 0 Å². The molecular formula is C14H9Cl2NO. The molecule has 1 N–H and O–H groups in total.